The minimum atomic E-state index is -1.65. The fourth-order valence-electron chi connectivity index (χ4n) is 8.54. The zero-order chi connectivity index (χ0) is 31.6. The number of carbonyl (C=O) groups excluding carboxylic acids is 1. The molecule has 3 aliphatic carbocycles. The number of aliphatic hydroxyl groups excluding tert-OH is 6. The lowest BCUT2D eigenvalue weighted by Crippen LogP contribution is -2.65. The minimum absolute atomic E-state index is 0.00502. The summed E-state index contributed by atoms with van der Waals surface area (Å²) in [5, 5.41) is 62.5. The fourth-order valence-corrected chi connectivity index (χ4v) is 8.54. The van der Waals surface area contributed by atoms with E-state index in [9.17, 15) is 35.4 Å². The molecule has 5 aliphatic rings. The van der Waals surface area contributed by atoms with Gasteiger partial charge in [-0.1, -0.05) is 39.8 Å². The molecule has 2 aliphatic heterocycles. The Hall–Kier alpha value is -1.25. The molecule has 2 saturated heterocycles. The van der Waals surface area contributed by atoms with E-state index in [1.165, 1.54) is 6.92 Å². The van der Waals surface area contributed by atoms with Crippen LogP contribution in [-0.2, 0) is 23.7 Å². The molecule has 43 heavy (non-hydrogen) atoms. The summed E-state index contributed by atoms with van der Waals surface area (Å²) in [6.45, 7) is 13.5. The van der Waals surface area contributed by atoms with E-state index < -0.39 is 79.5 Å². The third-order valence-electron chi connectivity index (χ3n) is 11.5. The normalized spacial score (nSPS) is 51.7. The lowest BCUT2D eigenvalue weighted by Gasteiger charge is -2.61. The highest BCUT2D eigenvalue weighted by molar-refractivity contribution is 5.97. The molecule has 0 aromatic rings. The number of Topliss-reactive ketones (excluding diaryl/α,β-unsaturated/α-hetero) is 1. The van der Waals surface area contributed by atoms with Gasteiger partial charge in [0, 0.05) is 11.8 Å². The summed E-state index contributed by atoms with van der Waals surface area (Å²) in [5.74, 6) is 0.286. The third kappa shape index (κ3) is 5.58. The summed E-state index contributed by atoms with van der Waals surface area (Å²) < 4.78 is 24.0. The lowest BCUT2D eigenvalue weighted by atomic mass is 9.44. The van der Waals surface area contributed by atoms with Crippen LogP contribution in [0.4, 0.5) is 0 Å². The Morgan fingerprint density at radius 3 is 2.28 bits per heavy atom. The number of carbonyl (C=O) groups is 1. The standard InChI is InChI=1S/C32H50O11/c1-7-31(5)10-8-17-16(13-31)18(34)12-20-30(3,4)21(9-11-32(17,20)6)42-29-27(25(38)23(36)19(14-33)41-29)43-28-26(39)24(37)22(35)15(2)40-28/h7,13,15,17,19-29,33,35-39H,1,8-12,14H2,2-6H3/t15-,17-,19+,20-,21-,22-,23+,24+,25-,26+,27+,28-,29-,31-,32+/m0/s1. The predicted octanol–water partition coefficient (Wildman–Crippen LogP) is 0.967. The van der Waals surface area contributed by atoms with Crippen molar-refractivity contribution in [3.63, 3.8) is 0 Å². The molecular formula is C32H50O11. The molecule has 2 heterocycles. The van der Waals surface area contributed by atoms with Gasteiger partial charge < -0.3 is 49.6 Å². The molecule has 11 nitrogen and oxygen atoms in total. The maximum atomic E-state index is 13.6. The molecule has 0 aromatic carbocycles. The van der Waals surface area contributed by atoms with Crippen LogP contribution in [0.1, 0.15) is 66.7 Å². The van der Waals surface area contributed by atoms with Crippen molar-refractivity contribution in [2.45, 2.75) is 134 Å². The second-order valence-corrected chi connectivity index (χ2v) is 14.6. The monoisotopic (exact) mass is 610 g/mol. The summed E-state index contributed by atoms with van der Waals surface area (Å²) in [7, 11) is 0. The molecule has 0 radical (unpaired) electrons. The Bertz CT molecular complexity index is 1090. The van der Waals surface area contributed by atoms with Gasteiger partial charge in [-0.3, -0.25) is 4.79 Å². The van der Waals surface area contributed by atoms with Crippen molar-refractivity contribution in [2.75, 3.05) is 6.61 Å². The highest BCUT2D eigenvalue weighted by Gasteiger charge is 2.61. The molecule has 0 unspecified atom stereocenters. The van der Waals surface area contributed by atoms with Gasteiger partial charge in [-0.25, -0.2) is 0 Å². The van der Waals surface area contributed by atoms with Gasteiger partial charge in [0.25, 0.3) is 0 Å². The molecule has 0 amide bonds. The number of rotatable bonds is 6. The van der Waals surface area contributed by atoms with E-state index >= 15 is 0 Å². The molecule has 0 bridgehead atoms. The van der Waals surface area contributed by atoms with E-state index in [0.717, 1.165) is 24.8 Å². The molecule has 11 heteroatoms. The average Bonchev–Trinajstić information content (AvgIpc) is 2.97. The van der Waals surface area contributed by atoms with Crippen LogP contribution in [0.3, 0.4) is 0 Å². The Morgan fingerprint density at radius 1 is 0.930 bits per heavy atom. The Balaban J connectivity index is 1.39. The van der Waals surface area contributed by atoms with Gasteiger partial charge in [0.1, 0.15) is 42.7 Å². The van der Waals surface area contributed by atoms with Crippen molar-refractivity contribution in [1.29, 1.82) is 0 Å². The van der Waals surface area contributed by atoms with E-state index in [1.54, 1.807) is 0 Å². The number of fused-ring (bicyclic) bond motifs is 3. The Morgan fingerprint density at radius 2 is 1.63 bits per heavy atom. The van der Waals surface area contributed by atoms with Crippen LogP contribution >= 0.6 is 0 Å². The molecule has 244 valence electrons. The number of hydrogen-bond acceptors (Lipinski definition) is 11. The van der Waals surface area contributed by atoms with Gasteiger partial charge in [0.15, 0.2) is 18.4 Å². The quantitative estimate of drug-likeness (QED) is 0.187. The summed E-state index contributed by atoms with van der Waals surface area (Å²) in [6, 6.07) is 0. The number of ether oxygens (including phenoxy) is 4. The molecule has 6 N–H and O–H groups in total. The molecule has 15 atom stereocenters. The minimum Gasteiger partial charge on any atom is -0.394 e. The van der Waals surface area contributed by atoms with Gasteiger partial charge in [0.2, 0.25) is 0 Å². The van der Waals surface area contributed by atoms with Gasteiger partial charge in [-0.05, 0) is 60.8 Å². The van der Waals surface area contributed by atoms with Gasteiger partial charge in [0.05, 0.1) is 18.8 Å². The molecule has 0 spiro atoms. The van der Waals surface area contributed by atoms with Crippen LogP contribution in [0.2, 0.25) is 0 Å². The van der Waals surface area contributed by atoms with Crippen molar-refractivity contribution >= 4 is 5.78 Å². The second kappa shape index (κ2) is 11.8. The third-order valence-corrected chi connectivity index (χ3v) is 11.5. The number of allylic oxidation sites excluding steroid dienone is 3. The van der Waals surface area contributed by atoms with Gasteiger partial charge >= 0.3 is 0 Å². The van der Waals surface area contributed by atoms with Crippen LogP contribution in [0, 0.1) is 28.1 Å². The maximum absolute atomic E-state index is 13.6. The van der Waals surface area contributed by atoms with Crippen LogP contribution in [0.25, 0.3) is 0 Å². The second-order valence-electron chi connectivity index (χ2n) is 14.6. The largest absolute Gasteiger partial charge is 0.394 e. The number of ketones is 1. The van der Waals surface area contributed by atoms with E-state index in [4.69, 9.17) is 18.9 Å². The smallest absolute Gasteiger partial charge is 0.187 e. The van der Waals surface area contributed by atoms with Crippen molar-refractivity contribution < 1.29 is 54.4 Å². The molecular weight excluding hydrogens is 560 g/mol. The molecule has 4 fully saturated rings. The highest BCUT2D eigenvalue weighted by Crippen LogP contribution is 2.63. The molecule has 2 saturated carbocycles. The lowest BCUT2D eigenvalue weighted by molar-refractivity contribution is -0.375. The van der Waals surface area contributed by atoms with Crippen molar-refractivity contribution in [3.05, 3.63) is 24.3 Å². The van der Waals surface area contributed by atoms with Crippen LogP contribution in [0.15, 0.2) is 24.3 Å². The zero-order valence-electron chi connectivity index (χ0n) is 25.8. The first-order chi connectivity index (χ1) is 20.1. The maximum Gasteiger partial charge on any atom is 0.187 e. The van der Waals surface area contributed by atoms with Crippen LogP contribution < -0.4 is 0 Å². The first kappa shape index (κ1) is 33.1. The number of hydrogen-bond donors (Lipinski definition) is 6. The Labute approximate surface area is 253 Å². The SMILES string of the molecule is C=C[C@]1(C)C=C2C(=O)C[C@H]3C(C)(C)[C@@H](O[C@@H]4O[C@H](CO)[C@@H](O)[C@H](O)[C@H]4O[C@@H]4O[C@@H](C)[C@H](O)[C@@H](O)[C@H]4O)CC[C@]3(C)[C@H]2CC1. The van der Waals surface area contributed by atoms with Crippen LogP contribution in [-0.4, -0.2) is 111 Å². The van der Waals surface area contributed by atoms with Crippen LogP contribution in [0.5, 0.6) is 0 Å². The first-order valence-corrected chi connectivity index (χ1v) is 15.6. The number of aliphatic hydroxyl groups is 6. The van der Waals surface area contributed by atoms with Crippen molar-refractivity contribution in [3.8, 4) is 0 Å². The van der Waals surface area contributed by atoms with E-state index in [2.05, 4.69) is 40.3 Å². The van der Waals surface area contributed by atoms with E-state index in [1.807, 2.05) is 6.08 Å². The zero-order valence-corrected chi connectivity index (χ0v) is 25.8. The Kier molecular flexibility index (Phi) is 9.12. The van der Waals surface area contributed by atoms with E-state index in [0.29, 0.717) is 12.8 Å². The summed E-state index contributed by atoms with van der Waals surface area (Å²) >= 11 is 0. The summed E-state index contributed by atoms with van der Waals surface area (Å²) in [4.78, 5) is 13.6. The average molecular weight is 611 g/mol. The fraction of sp³-hybridized carbons (Fsp3) is 0.844. The molecule has 0 aromatic heterocycles. The van der Waals surface area contributed by atoms with Gasteiger partial charge in [-0.2, -0.15) is 0 Å². The van der Waals surface area contributed by atoms with Crippen molar-refractivity contribution in [2.24, 2.45) is 28.1 Å². The summed E-state index contributed by atoms with van der Waals surface area (Å²) in [5.41, 5.74) is 0.0874. The molecule has 5 rings (SSSR count). The first-order valence-electron chi connectivity index (χ1n) is 15.6. The highest BCUT2D eigenvalue weighted by atomic mass is 16.8. The van der Waals surface area contributed by atoms with Crippen molar-refractivity contribution in [1.82, 2.24) is 0 Å². The topological polar surface area (TPSA) is 175 Å². The van der Waals surface area contributed by atoms with E-state index in [-0.39, 0.29) is 28.4 Å². The predicted molar refractivity (Wildman–Crippen MR) is 153 cm³/mol. The van der Waals surface area contributed by atoms with Gasteiger partial charge in [-0.15, -0.1) is 6.58 Å². The summed E-state index contributed by atoms with van der Waals surface area (Å²) in [6.07, 6.45) is -6.56.